The molecule has 42 heavy (non-hydrogen) atoms. The Labute approximate surface area is 254 Å². The molecule has 2 aliphatic heterocycles. The maximum atomic E-state index is 6.18. The molecule has 2 aromatic carbocycles. The molecule has 4 aromatic rings. The molecule has 2 saturated heterocycles. The molecule has 4 heterocycles. The topological polar surface area (TPSA) is 54.8 Å². The highest BCUT2D eigenvalue weighted by Crippen LogP contribution is 2.43. The Morgan fingerprint density at radius 3 is 2.45 bits per heavy atom. The zero-order valence-corrected chi connectivity index (χ0v) is 25.4. The number of morpholine rings is 1. The van der Waals surface area contributed by atoms with Crippen LogP contribution in [0.1, 0.15) is 46.7 Å². The highest BCUT2D eigenvalue weighted by atomic mass is 32.1. The second kappa shape index (κ2) is 12.7. The van der Waals surface area contributed by atoms with Gasteiger partial charge in [0.1, 0.15) is 11.5 Å². The van der Waals surface area contributed by atoms with Crippen LogP contribution >= 0.6 is 12.2 Å². The van der Waals surface area contributed by atoms with Crippen LogP contribution in [0.25, 0.3) is 0 Å². The minimum Gasteiger partial charge on any atom is -0.457 e. The van der Waals surface area contributed by atoms with Gasteiger partial charge in [0.15, 0.2) is 5.11 Å². The zero-order chi connectivity index (χ0) is 29.1. The number of nitrogens with zero attached hydrogens (tertiary/aromatic N) is 4. The SMILES string of the molecule is Cc1ccccc1Oc1ccc(N2C(=S)N[C@@H](c3ccccn3)[C@H]2c2cc(C)n(CCCN3CCOCC3)c2C)cc1. The summed E-state index contributed by atoms with van der Waals surface area (Å²) in [6, 6.07) is 24.6. The molecule has 2 atom stereocenters. The summed E-state index contributed by atoms with van der Waals surface area (Å²) in [4.78, 5) is 9.48. The highest BCUT2D eigenvalue weighted by molar-refractivity contribution is 7.80. The van der Waals surface area contributed by atoms with Gasteiger partial charge in [0.05, 0.1) is 31.0 Å². The standard InChI is InChI=1S/C34H39N5O2S/c1-24-9-4-5-11-31(24)41-28-14-12-27(13-15-28)39-33(32(36-34(39)42)30-10-6-7-16-35-30)29-23-25(2)38(26(29)3)18-8-17-37-19-21-40-22-20-37/h4-7,9-16,23,32-33H,8,17-22H2,1-3H3,(H,36,42)/t32-,33+/m0/s1. The van der Waals surface area contributed by atoms with Crippen LogP contribution in [0.3, 0.4) is 0 Å². The van der Waals surface area contributed by atoms with E-state index >= 15 is 0 Å². The van der Waals surface area contributed by atoms with Crippen molar-refractivity contribution >= 4 is 23.0 Å². The van der Waals surface area contributed by atoms with Crippen LogP contribution in [0.2, 0.25) is 0 Å². The van der Waals surface area contributed by atoms with Crippen molar-refractivity contribution in [3.63, 3.8) is 0 Å². The Morgan fingerprint density at radius 2 is 1.71 bits per heavy atom. The average molecular weight is 582 g/mol. The van der Waals surface area contributed by atoms with Crippen LogP contribution in [-0.4, -0.2) is 52.4 Å². The van der Waals surface area contributed by atoms with E-state index in [-0.39, 0.29) is 12.1 Å². The van der Waals surface area contributed by atoms with Crippen LogP contribution in [0.5, 0.6) is 11.5 Å². The van der Waals surface area contributed by atoms with Crippen LogP contribution < -0.4 is 15.0 Å². The van der Waals surface area contributed by atoms with Crippen molar-refractivity contribution in [1.29, 1.82) is 0 Å². The maximum absolute atomic E-state index is 6.18. The van der Waals surface area contributed by atoms with Crippen molar-refractivity contribution in [1.82, 2.24) is 19.8 Å². The van der Waals surface area contributed by atoms with Crippen LogP contribution in [0, 0.1) is 20.8 Å². The van der Waals surface area contributed by atoms with Gasteiger partial charge in [-0.3, -0.25) is 9.88 Å². The molecule has 218 valence electrons. The lowest BCUT2D eigenvalue weighted by atomic mass is 9.96. The van der Waals surface area contributed by atoms with E-state index in [1.165, 1.54) is 17.0 Å². The molecule has 0 amide bonds. The molecule has 6 rings (SSSR count). The van der Waals surface area contributed by atoms with Gasteiger partial charge in [0.2, 0.25) is 0 Å². The van der Waals surface area contributed by atoms with Crippen molar-refractivity contribution in [3.05, 3.63) is 107 Å². The van der Waals surface area contributed by atoms with Crippen molar-refractivity contribution in [2.75, 3.05) is 37.7 Å². The Balaban J connectivity index is 1.29. The summed E-state index contributed by atoms with van der Waals surface area (Å²) in [5, 5.41) is 4.30. The first kappa shape index (κ1) is 28.4. The predicted molar refractivity (Wildman–Crippen MR) is 171 cm³/mol. The lowest BCUT2D eigenvalue weighted by Crippen LogP contribution is -2.37. The number of benzene rings is 2. The fourth-order valence-electron chi connectivity index (χ4n) is 6.17. The number of pyridine rings is 1. The van der Waals surface area contributed by atoms with Gasteiger partial charge in [-0.1, -0.05) is 24.3 Å². The first-order chi connectivity index (χ1) is 20.5. The van der Waals surface area contributed by atoms with Gasteiger partial charge in [-0.25, -0.2) is 0 Å². The van der Waals surface area contributed by atoms with Gasteiger partial charge in [0, 0.05) is 49.5 Å². The number of aromatic nitrogens is 2. The number of para-hydroxylation sites is 1. The van der Waals surface area contributed by atoms with Crippen molar-refractivity contribution in [3.8, 4) is 11.5 Å². The molecule has 2 aromatic heterocycles. The summed E-state index contributed by atoms with van der Waals surface area (Å²) >= 11 is 5.99. The largest absolute Gasteiger partial charge is 0.457 e. The van der Waals surface area contributed by atoms with E-state index in [0.717, 1.165) is 74.3 Å². The first-order valence-corrected chi connectivity index (χ1v) is 15.2. The number of rotatable bonds is 9. The quantitative estimate of drug-likeness (QED) is 0.227. The summed E-state index contributed by atoms with van der Waals surface area (Å²) in [6.45, 7) is 12.3. The molecule has 7 nitrogen and oxygen atoms in total. The van der Waals surface area contributed by atoms with Gasteiger partial charge >= 0.3 is 0 Å². The lowest BCUT2D eigenvalue weighted by Gasteiger charge is -2.28. The van der Waals surface area contributed by atoms with E-state index in [1.54, 1.807) is 0 Å². The number of hydrogen-bond acceptors (Lipinski definition) is 5. The third-order valence-corrected chi connectivity index (χ3v) is 8.74. The van der Waals surface area contributed by atoms with Crippen molar-refractivity contribution in [2.24, 2.45) is 0 Å². The van der Waals surface area contributed by atoms with Gasteiger partial charge in [-0.2, -0.15) is 0 Å². The smallest absolute Gasteiger partial charge is 0.174 e. The summed E-state index contributed by atoms with van der Waals surface area (Å²) < 4.78 is 14.2. The molecule has 0 bridgehead atoms. The summed E-state index contributed by atoms with van der Waals surface area (Å²) in [5.41, 5.74) is 6.90. The molecule has 0 radical (unpaired) electrons. The molecule has 2 aliphatic rings. The van der Waals surface area contributed by atoms with Crippen LogP contribution in [0.4, 0.5) is 5.69 Å². The minimum atomic E-state index is -0.0797. The van der Waals surface area contributed by atoms with Crippen molar-refractivity contribution in [2.45, 2.75) is 45.8 Å². The van der Waals surface area contributed by atoms with E-state index in [2.05, 4.69) is 70.8 Å². The van der Waals surface area contributed by atoms with Gasteiger partial charge < -0.3 is 24.3 Å². The number of ether oxygens (including phenoxy) is 2. The summed E-state index contributed by atoms with van der Waals surface area (Å²) in [7, 11) is 0. The lowest BCUT2D eigenvalue weighted by molar-refractivity contribution is 0.0369. The summed E-state index contributed by atoms with van der Waals surface area (Å²) in [5.74, 6) is 1.65. The Bertz CT molecular complexity index is 1510. The Morgan fingerprint density at radius 1 is 0.952 bits per heavy atom. The van der Waals surface area contributed by atoms with Crippen LogP contribution in [-0.2, 0) is 11.3 Å². The van der Waals surface area contributed by atoms with Crippen LogP contribution in [0.15, 0.2) is 79.0 Å². The second-order valence-electron chi connectivity index (χ2n) is 11.1. The summed E-state index contributed by atoms with van der Waals surface area (Å²) in [6.07, 6.45) is 2.96. The van der Waals surface area contributed by atoms with E-state index in [0.29, 0.717) is 5.11 Å². The highest BCUT2D eigenvalue weighted by Gasteiger charge is 2.42. The van der Waals surface area contributed by atoms with Gasteiger partial charge in [-0.05, 0) is 99.1 Å². The molecule has 1 N–H and O–H groups in total. The molecule has 0 aliphatic carbocycles. The van der Waals surface area contributed by atoms with E-state index in [4.69, 9.17) is 26.7 Å². The molecule has 8 heteroatoms. The normalized spacial score (nSPS) is 19.2. The number of aryl methyl sites for hydroxylation is 2. The minimum absolute atomic E-state index is 0.0465. The first-order valence-electron chi connectivity index (χ1n) is 14.8. The molecule has 2 fully saturated rings. The Kier molecular flexibility index (Phi) is 8.55. The third-order valence-electron chi connectivity index (χ3n) is 8.43. The maximum Gasteiger partial charge on any atom is 0.174 e. The second-order valence-corrected chi connectivity index (χ2v) is 11.5. The number of nitrogens with one attached hydrogen (secondary N) is 1. The number of anilines is 1. The number of hydrogen-bond donors (Lipinski definition) is 1. The van der Waals surface area contributed by atoms with Crippen molar-refractivity contribution < 1.29 is 9.47 Å². The molecular weight excluding hydrogens is 542 g/mol. The molecule has 0 saturated carbocycles. The molecule has 0 unspecified atom stereocenters. The number of thiocarbonyl (C=S) groups is 1. The molecule has 0 spiro atoms. The van der Waals surface area contributed by atoms with E-state index < -0.39 is 0 Å². The zero-order valence-electron chi connectivity index (χ0n) is 24.6. The fraction of sp³-hybridized carbons (Fsp3) is 0.353. The average Bonchev–Trinajstić information content (AvgIpc) is 3.50. The monoisotopic (exact) mass is 581 g/mol. The predicted octanol–water partition coefficient (Wildman–Crippen LogP) is 6.50. The fourth-order valence-corrected chi connectivity index (χ4v) is 6.52. The molecular formula is C34H39N5O2S. The van der Waals surface area contributed by atoms with E-state index in [1.807, 2.05) is 48.7 Å². The third kappa shape index (κ3) is 5.93. The van der Waals surface area contributed by atoms with Gasteiger partial charge in [-0.15, -0.1) is 0 Å². The Hall–Kier alpha value is -3.72. The van der Waals surface area contributed by atoms with E-state index in [9.17, 15) is 0 Å². The van der Waals surface area contributed by atoms with Gasteiger partial charge in [0.25, 0.3) is 0 Å².